The van der Waals surface area contributed by atoms with Crippen molar-refractivity contribution in [2.24, 2.45) is 0 Å². The zero-order chi connectivity index (χ0) is 12.4. The first-order valence-corrected chi connectivity index (χ1v) is 4.95. The van der Waals surface area contributed by atoms with E-state index in [1.54, 1.807) is 13.0 Å². The Labute approximate surface area is 101 Å². The van der Waals surface area contributed by atoms with Gasteiger partial charge in [-0.05, 0) is 13.0 Å². The second-order valence-corrected chi connectivity index (χ2v) is 3.59. The van der Waals surface area contributed by atoms with Crippen LogP contribution in [0.5, 0.6) is 11.8 Å². The van der Waals surface area contributed by atoms with Gasteiger partial charge < -0.3 is 4.74 Å². The number of aromatic amines is 1. The summed E-state index contributed by atoms with van der Waals surface area (Å²) in [5.41, 5.74) is 0.500. The number of H-pyrrole nitrogens is 1. The fourth-order valence-corrected chi connectivity index (χ4v) is 1.31. The van der Waals surface area contributed by atoms with Gasteiger partial charge in [0, 0.05) is 17.8 Å². The average molecular weight is 255 g/mol. The Morgan fingerprint density at radius 1 is 1.53 bits per heavy atom. The molecule has 0 amide bonds. The Bertz CT molecular complexity index is 569. The largest absolute Gasteiger partial charge is 0.413 e. The lowest BCUT2D eigenvalue weighted by Gasteiger charge is -2.01. The van der Waals surface area contributed by atoms with Gasteiger partial charge >= 0.3 is 11.6 Å². The van der Waals surface area contributed by atoms with Gasteiger partial charge in [0.1, 0.15) is 5.15 Å². The lowest BCUT2D eigenvalue weighted by molar-refractivity contribution is -0.386. The second-order valence-electron chi connectivity index (χ2n) is 3.21. The number of nitrogens with one attached hydrogen (secondary N) is 1. The minimum absolute atomic E-state index is 0.109. The van der Waals surface area contributed by atoms with Crippen LogP contribution >= 0.6 is 11.6 Å². The van der Waals surface area contributed by atoms with Crippen molar-refractivity contribution in [2.75, 3.05) is 0 Å². The normalized spacial score (nSPS) is 10.2. The Morgan fingerprint density at radius 2 is 2.29 bits per heavy atom. The molecule has 0 radical (unpaired) electrons. The SMILES string of the molecule is Cc1cc(Oc2nc(Cl)ccc2[N+](=O)[O-])n[nH]1. The van der Waals surface area contributed by atoms with Crippen LogP contribution in [0, 0.1) is 17.0 Å². The molecule has 0 fully saturated rings. The van der Waals surface area contributed by atoms with Crippen molar-refractivity contribution in [3.8, 4) is 11.8 Å². The molecule has 88 valence electrons. The summed E-state index contributed by atoms with van der Waals surface area (Å²) in [5.74, 6) is 0.00867. The molecule has 2 aromatic heterocycles. The number of pyridine rings is 1. The second kappa shape index (κ2) is 4.38. The Kier molecular flexibility index (Phi) is 2.92. The summed E-state index contributed by atoms with van der Waals surface area (Å²) >= 11 is 5.65. The van der Waals surface area contributed by atoms with Gasteiger partial charge in [-0.15, -0.1) is 5.10 Å². The van der Waals surface area contributed by atoms with E-state index < -0.39 is 4.92 Å². The van der Waals surface area contributed by atoms with Gasteiger partial charge in [-0.25, -0.2) is 0 Å². The summed E-state index contributed by atoms with van der Waals surface area (Å²) < 4.78 is 5.19. The van der Waals surface area contributed by atoms with Crippen molar-refractivity contribution in [1.82, 2.24) is 15.2 Å². The van der Waals surface area contributed by atoms with Crippen molar-refractivity contribution < 1.29 is 9.66 Å². The molecule has 2 rings (SSSR count). The molecule has 0 aliphatic carbocycles. The van der Waals surface area contributed by atoms with E-state index in [2.05, 4.69) is 15.2 Å². The molecule has 0 atom stereocenters. The third kappa shape index (κ3) is 2.51. The number of rotatable bonds is 3. The Morgan fingerprint density at radius 3 is 2.88 bits per heavy atom. The van der Waals surface area contributed by atoms with Gasteiger partial charge in [0.05, 0.1) is 4.92 Å². The van der Waals surface area contributed by atoms with E-state index in [1.165, 1.54) is 12.1 Å². The van der Waals surface area contributed by atoms with E-state index in [-0.39, 0.29) is 22.6 Å². The van der Waals surface area contributed by atoms with E-state index in [1.807, 2.05) is 0 Å². The summed E-state index contributed by atoms with van der Waals surface area (Å²) in [6.45, 7) is 1.78. The van der Waals surface area contributed by atoms with Crippen LogP contribution in [0.2, 0.25) is 5.15 Å². The smallest absolute Gasteiger partial charge is 0.331 e. The van der Waals surface area contributed by atoms with Crippen LogP contribution in [0.1, 0.15) is 5.69 Å². The third-order valence-corrected chi connectivity index (χ3v) is 2.10. The summed E-state index contributed by atoms with van der Waals surface area (Å²) in [5, 5.41) is 17.3. The molecule has 0 spiro atoms. The van der Waals surface area contributed by atoms with Crippen LogP contribution < -0.4 is 4.74 Å². The van der Waals surface area contributed by atoms with Crippen molar-refractivity contribution >= 4 is 17.3 Å². The van der Waals surface area contributed by atoms with Crippen LogP contribution in [0.4, 0.5) is 5.69 Å². The van der Waals surface area contributed by atoms with Crippen LogP contribution in [-0.4, -0.2) is 20.1 Å². The van der Waals surface area contributed by atoms with Gasteiger partial charge in [0.2, 0.25) is 5.88 Å². The molecule has 8 heteroatoms. The quantitative estimate of drug-likeness (QED) is 0.516. The fourth-order valence-electron chi connectivity index (χ4n) is 1.17. The Balaban J connectivity index is 2.37. The summed E-state index contributed by atoms with van der Waals surface area (Å²) in [7, 11) is 0. The number of aromatic nitrogens is 3. The average Bonchev–Trinajstić information content (AvgIpc) is 2.63. The third-order valence-electron chi connectivity index (χ3n) is 1.89. The molecule has 0 aliphatic heterocycles. The first-order chi connectivity index (χ1) is 8.06. The molecule has 0 unspecified atom stereocenters. The van der Waals surface area contributed by atoms with E-state index >= 15 is 0 Å². The van der Waals surface area contributed by atoms with Crippen LogP contribution in [0.15, 0.2) is 18.2 Å². The van der Waals surface area contributed by atoms with E-state index in [0.29, 0.717) is 0 Å². The minimum Gasteiger partial charge on any atom is -0.413 e. The van der Waals surface area contributed by atoms with Gasteiger partial charge in [0.15, 0.2) is 0 Å². The molecule has 7 nitrogen and oxygen atoms in total. The predicted octanol–water partition coefficient (Wildman–Crippen LogP) is 2.47. The molecule has 2 aromatic rings. The van der Waals surface area contributed by atoms with Gasteiger partial charge in [-0.1, -0.05) is 11.6 Å². The van der Waals surface area contributed by atoms with Crippen molar-refractivity contribution in [3.05, 3.63) is 39.2 Å². The molecule has 0 aliphatic rings. The molecule has 2 heterocycles. The molecule has 0 saturated heterocycles. The van der Waals surface area contributed by atoms with Gasteiger partial charge in [-0.3, -0.25) is 15.2 Å². The minimum atomic E-state index is -0.599. The summed E-state index contributed by atoms with van der Waals surface area (Å²) in [6, 6.07) is 4.14. The zero-order valence-corrected chi connectivity index (χ0v) is 9.43. The lowest BCUT2D eigenvalue weighted by Crippen LogP contribution is -1.96. The molecule has 17 heavy (non-hydrogen) atoms. The van der Waals surface area contributed by atoms with E-state index in [9.17, 15) is 10.1 Å². The maximum atomic E-state index is 10.7. The highest BCUT2D eigenvalue weighted by Gasteiger charge is 2.18. The topological polar surface area (TPSA) is 93.9 Å². The number of halogens is 1. The van der Waals surface area contributed by atoms with E-state index in [0.717, 1.165) is 5.69 Å². The standard InChI is InChI=1S/C9H7ClN4O3/c1-5-4-8(13-12-5)17-9-6(14(15)16)2-3-7(10)11-9/h2-4H,1H3,(H,12,13). The van der Waals surface area contributed by atoms with Crippen molar-refractivity contribution in [3.63, 3.8) is 0 Å². The molecular formula is C9H7ClN4O3. The molecular weight excluding hydrogens is 248 g/mol. The molecule has 1 N–H and O–H groups in total. The zero-order valence-electron chi connectivity index (χ0n) is 8.68. The van der Waals surface area contributed by atoms with Gasteiger partial charge in [0.25, 0.3) is 0 Å². The number of nitro groups is 1. The number of nitrogens with zero attached hydrogens (tertiary/aromatic N) is 3. The summed E-state index contributed by atoms with van der Waals surface area (Å²) in [6.07, 6.45) is 0. The predicted molar refractivity (Wildman–Crippen MR) is 59.3 cm³/mol. The monoisotopic (exact) mass is 254 g/mol. The van der Waals surface area contributed by atoms with E-state index in [4.69, 9.17) is 16.3 Å². The number of aryl methyl sites for hydroxylation is 1. The van der Waals surface area contributed by atoms with Crippen LogP contribution in [-0.2, 0) is 0 Å². The lowest BCUT2D eigenvalue weighted by atomic mass is 10.4. The maximum absolute atomic E-state index is 10.7. The van der Waals surface area contributed by atoms with Crippen LogP contribution in [0.3, 0.4) is 0 Å². The first kappa shape index (κ1) is 11.3. The molecule has 0 saturated carbocycles. The number of ether oxygens (including phenoxy) is 1. The first-order valence-electron chi connectivity index (χ1n) is 4.57. The molecule has 0 aromatic carbocycles. The maximum Gasteiger partial charge on any atom is 0.331 e. The van der Waals surface area contributed by atoms with Gasteiger partial charge in [-0.2, -0.15) is 4.98 Å². The Hall–Kier alpha value is -2.15. The van der Waals surface area contributed by atoms with Crippen molar-refractivity contribution in [1.29, 1.82) is 0 Å². The fraction of sp³-hybridized carbons (Fsp3) is 0.111. The number of hydrogen-bond donors (Lipinski definition) is 1. The van der Waals surface area contributed by atoms with Crippen LogP contribution in [0.25, 0.3) is 0 Å². The highest BCUT2D eigenvalue weighted by molar-refractivity contribution is 6.29. The highest BCUT2D eigenvalue weighted by Crippen LogP contribution is 2.29. The highest BCUT2D eigenvalue weighted by atomic mass is 35.5. The number of hydrogen-bond acceptors (Lipinski definition) is 5. The van der Waals surface area contributed by atoms with Crippen molar-refractivity contribution in [2.45, 2.75) is 6.92 Å². The molecule has 0 bridgehead atoms. The summed E-state index contributed by atoms with van der Waals surface area (Å²) in [4.78, 5) is 13.9.